The number of rotatable bonds is 6. The average Bonchev–Trinajstić information content (AvgIpc) is 3.25. The predicted octanol–water partition coefficient (Wildman–Crippen LogP) is 2.67. The molecule has 1 aliphatic rings. The smallest absolute Gasteiger partial charge is 0.226 e. The maximum atomic E-state index is 13.6. The Morgan fingerprint density at radius 3 is 2.85 bits per heavy atom. The Balaban J connectivity index is 1.58. The van der Waals surface area contributed by atoms with E-state index in [0.29, 0.717) is 30.5 Å². The first-order valence-electron chi connectivity index (χ1n) is 8.34. The van der Waals surface area contributed by atoms with E-state index in [4.69, 9.17) is 17.3 Å². The van der Waals surface area contributed by atoms with Gasteiger partial charge in [0.2, 0.25) is 5.95 Å². The number of aromatic nitrogens is 4. The van der Waals surface area contributed by atoms with E-state index in [2.05, 4.69) is 25.7 Å². The van der Waals surface area contributed by atoms with E-state index >= 15 is 0 Å². The Morgan fingerprint density at radius 2 is 2.12 bits per heavy atom. The Labute approximate surface area is 154 Å². The number of halogens is 2. The molecular weight excluding hydrogens is 357 g/mol. The lowest BCUT2D eigenvalue weighted by Crippen LogP contribution is -2.31. The van der Waals surface area contributed by atoms with Gasteiger partial charge >= 0.3 is 0 Å². The number of hydrogen-bond donors (Lipinski definition) is 3. The van der Waals surface area contributed by atoms with Gasteiger partial charge in [0.15, 0.2) is 5.65 Å². The zero-order valence-corrected chi connectivity index (χ0v) is 15.0. The van der Waals surface area contributed by atoms with Gasteiger partial charge in [0, 0.05) is 25.7 Å². The minimum Gasteiger partial charge on any atom is -0.365 e. The van der Waals surface area contributed by atoms with Gasteiger partial charge in [-0.05, 0) is 30.5 Å². The number of aryl methyl sites for hydroxylation is 1. The van der Waals surface area contributed by atoms with E-state index < -0.39 is 5.82 Å². The average molecular weight is 376 g/mol. The first kappa shape index (κ1) is 17.0. The molecule has 1 saturated carbocycles. The molecule has 4 rings (SSSR count). The molecule has 9 heteroatoms. The Bertz CT molecular complexity index is 967. The van der Waals surface area contributed by atoms with Crippen LogP contribution < -0.4 is 16.4 Å². The first-order valence-corrected chi connectivity index (χ1v) is 8.72. The van der Waals surface area contributed by atoms with Crippen LogP contribution in [-0.4, -0.2) is 31.8 Å². The van der Waals surface area contributed by atoms with Gasteiger partial charge in [0.25, 0.3) is 0 Å². The topological polar surface area (TPSA) is 93.7 Å². The lowest BCUT2D eigenvalue weighted by Gasteiger charge is -2.13. The van der Waals surface area contributed by atoms with Crippen LogP contribution in [0.5, 0.6) is 0 Å². The Kier molecular flexibility index (Phi) is 4.16. The number of nitrogens with two attached hydrogens (primary N) is 1. The van der Waals surface area contributed by atoms with Crippen LogP contribution in [0.1, 0.15) is 18.4 Å². The van der Waals surface area contributed by atoms with Crippen LogP contribution in [0.3, 0.4) is 0 Å². The molecule has 0 saturated heterocycles. The quantitative estimate of drug-likeness (QED) is 0.613. The molecule has 3 aromatic rings. The predicted molar refractivity (Wildman–Crippen MR) is 99.7 cm³/mol. The molecule has 1 fully saturated rings. The zero-order chi connectivity index (χ0) is 18.3. The molecule has 136 valence electrons. The number of nitrogens with one attached hydrogen (secondary N) is 2. The fraction of sp³-hybridized carbons (Fsp3) is 0.353. The molecule has 1 aliphatic carbocycles. The second-order valence-corrected chi connectivity index (χ2v) is 7.13. The summed E-state index contributed by atoms with van der Waals surface area (Å²) in [6, 6.07) is 4.71. The summed E-state index contributed by atoms with van der Waals surface area (Å²) in [4.78, 5) is 9.05. The molecule has 0 radical (unpaired) electrons. The van der Waals surface area contributed by atoms with Gasteiger partial charge in [-0.3, -0.25) is 4.68 Å². The third kappa shape index (κ3) is 3.42. The molecule has 7 nitrogen and oxygen atoms in total. The van der Waals surface area contributed by atoms with Gasteiger partial charge in [-0.15, -0.1) is 0 Å². The SMILES string of the molecule is Cn1ncc2c(NCc3ccc(Cl)c(F)c3)nc(NCC3(N)CC3)nc21. The van der Waals surface area contributed by atoms with Gasteiger partial charge in [-0.1, -0.05) is 17.7 Å². The van der Waals surface area contributed by atoms with Crippen molar-refractivity contribution in [1.82, 2.24) is 19.7 Å². The van der Waals surface area contributed by atoms with Crippen LogP contribution in [-0.2, 0) is 13.6 Å². The van der Waals surface area contributed by atoms with E-state index in [0.717, 1.165) is 23.8 Å². The van der Waals surface area contributed by atoms with Crippen molar-refractivity contribution in [2.24, 2.45) is 12.8 Å². The molecule has 4 N–H and O–H groups in total. The van der Waals surface area contributed by atoms with Crippen LogP contribution >= 0.6 is 11.6 Å². The molecule has 26 heavy (non-hydrogen) atoms. The van der Waals surface area contributed by atoms with E-state index in [9.17, 15) is 4.39 Å². The Morgan fingerprint density at radius 1 is 1.31 bits per heavy atom. The molecule has 2 heterocycles. The summed E-state index contributed by atoms with van der Waals surface area (Å²) in [5, 5.41) is 11.6. The molecule has 0 amide bonds. The van der Waals surface area contributed by atoms with Crippen molar-refractivity contribution in [3.63, 3.8) is 0 Å². The van der Waals surface area contributed by atoms with E-state index in [1.165, 1.54) is 12.1 Å². The van der Waals surface area contributed by atoms with Crippen LogP contribution in [0.2, 0.25) is 5.02 Å². The number of nitrogens with zero attached hydrogens (tertiary/aromatic N) is 4. The highest BCUT2D eigenvalue weighted by Gasteiger charge is 2.38. The highest BCUT2D eigenvalue weighted by molar-refractivity contribution is 6.30. The maximum Gasteiger partial charge on any atom is 0.226 e. The molecule has 0 unspecified atom stereocenters. The summed E-state index contributed by atoms with van der Waals surface area (Å²) in [6.07, 6.45) is 3.71. The van der Waals surface area contributed by atoms with E-state index in [-0.39, 0.29) is 10.6 Å². The molecule has 0 atom stereocenters. The van der Waals surface area contributed by atoms with Crippen molar-refractivity contribution in [1.29, 1.82) is 0 Å². The van der Waals surface area contributed by atoms with Crippen molar-refractivity contribution in [2.45, 2.75) is 24.9 Å². The van der Waals surface area contributed by atoms with Crippen molar-refractivity contribution in [3.05, 3.63) is 40.8 Å². The van der Waals surface area contributed by atoms with Crippen LogP contribution in [0, 0.1) is 5.82 Å². The molecule has 1 aromatic carbocycles. The number of anilines is 2. The van der Waals surface area contributed by atoms with Crippen LogP contribution in [0.15, 0.2) is 24.4 Å². The fourth-order valence-corrected chi connectivity index (χ4v) is 2.78. The van der Waals surface area contributed by atoms with Gasteiger partial charge in [-0.25, -0.2) is 4.39 Å². The largest absolute Gasteiger partial charge is 0.365 e. The molecule has 0 spiro atoms. The normalized spacial score (nSPS) is 15.2. The van der Waals surface area contributed by atoms with E-state index in [1.54, 1.807) is 16.9 Å². The summed E-state index contributed by atoms with van der Waals surface area (Å²) < 4.78 is 15.3. The first-order chi connectivity index (χ1) is 12.4. The third-order valence-electron chi connectivity index (χ3n) is 4.53. The Hall–Kier alpha value is -2.45. The van der Waals surface area contributed by atoms with Gasteiger partial charge in [0.05, 0.1) is 16.6 Å². The maximum absolute atomic E-state index is 13.6. The lowest BCUT2D eigenvalue weighted by molar-refractivity contribution is 0.626. The molecule has 0 aliphatic heterocycles. The van der Waals surface area contributed by atoms with Crippen molar-refractivity contribution in [3.8, 4) is 0 Å². The van der Waals surface area contributed by atoms with Gasteiger partial charge < -0.3 is 16.4 Å². The highest BCUT2D eigenvalue weighted by Crippen LogP contribution is 2.32. The third-order valence-corrected chi connectivity index (χ3v) is 4.83. The summed E-state index contributed by atoms with van der Waals surface area (Å²) in [5.41, 5.74) is 7.43. The zero-order valence-electron chi connectivity index (χ0n) is 14.3. The molecular formula is C17H19ClFN7. The minimum atomic E-state index is -0.444. The second-order valence-electron chi connectivity index (χ2n) is 6.72. The van der Waals surface area contributed by atoms with Gasteiger partial charge in [0.1, 0.15) is 11.6 Å². The molecule has 2 aromatic heterocycles. The number of fused-ring (bicyclic) bond motifs is 1. The second kappa shape index (κ2) is 6.37. The standard InChI is InChI=1S/C17H19ClFN7/c1-26-15-11(8-23-26)14(21-7-10-2-3-12(18)13(19)6-10)24-16(25-15)22-9-17(20)4-5-17/h2-3,6,8H,4-5,7,9,20H2,1H3,(H2,21,22,24,25). The monoisotopic (exact) mass is 375 g/mol. The minimum absolute atomic E-state index is 0.104. The van der Waals surface area contributed by atoms with E-state index in [1.807, 2.05) is 7.05 Å². The summed E-state index contributed by atoms with van der Waals surface area (Å²) >= 11 is 5.73. The fourth-order valence-electron chi connectivity index (χ4n) is 2.66. The summed E-state index contributed by atoms with van der Waals surface area (Å²) in [6.45, 7) is 1.02. The lowest BCUT2D eigenvalue weighted by atomic mass is 10.2. The van der Waals surface area contributed by atoms with Gasteiger partial charge in [-0.2, -0.15) is 15.1 Å². The number of hydrogen-bond acceptors (Lipinski definition) is 6. The van der Waals surface area contributed by atoms with Crippen LogP contribution in [0.25, 0.3) is 11.0 Å². The van der Waals surface area contributed by atoms with Crippen molar-refractivity contribution >= 4 is 34.4 Å². The summed E-state index contributed by atoms with van der Waals surface area (Å²) in [5.74, 6) is 0.672. The van der Waals surface area contributed by atoms with Crippen molar-refractivity contribution in [2.75, 3.05) is 17.2 Å². The van der Waals surface area contributed by atoms with Crippen molar-refractivity contribution < 1.29 is 4.39 Å². The molecule has 0 bridgehead atoms. The van der Waals surface area contributed by atoms with Crippen LogP contribution in [0.4, 0.5) is 16.2 Å². The number of benzene rings is 1. The summed E-state index contributed by atoms with van der Waals surface area (Å²) in [7, 11) is 1.82. The highest BCUT2D eigenvalue weighted by atomic mass is 35.5.